The van der Waals surface area contributed by atoms with Crippen molar-refractivity contribution in [3.05, 3.63) is 35.4 Å². The lowest BCUT2D eigenvalue weighted by Gasteiger charge is -2.42. The Morgan fingerprint density at radius 1 is 1.24 bits per heavy atom. The van der Waals surface area contributed by atoms with E-state index in [0.29, 0.717) is 12.1 Å². The fourth-order valence-corrected chi connectivity index (χ4v) is 3.19. The van der Waals surface area contributed by atoms with E-state index < -0.39 is 0 Å². The van der Waals surface area contributed by atoms with Crippen LogP contribution in [0.1, 0.15) is 37.4 Å². The predicted octanol–water partition coefficient (Wildman–Crippen LogP) is 2.54. The maximum Gasteiger partial charge on any atom is 0.0490 e. The maximum atomic E-state index is 3.79. The third-order valence-corrected chi connectivity index (χ3v) is 4.62. The number of hydrogen-bond acceptors (Lipinski definition) is 3. The molecule has 0 saturated carbocycles. The van der Waals surface area contributed by atoms with Gasteiger partial charge in [-0.15, -0.1) is 0 Å². The predicted molar refractivity (Wildman–Crippen MR) is 90.8 cm³/mol. The van der Waals surface area contributed by atoms with E-state index >= 15 is 0 Å². The number of piperazine rings is 1. The summed E-state index contributed by atoms with van der Waals surface area (Å²) in [6.45, 7) is 9.00. The lowest BCUT2D eigenvalue weighted by molar-refractivity contribution is 0.0876. The Kier molecular flexibility index (Phi) is 6.22. The van der Waals surface area contributed by atoms with Crippen LogP contribution in [0.25, 0.3) is 0 Å². The van der Waals surface area contributed by atoms with Crippen LogP contribution in [0.3, 0.4) is 0 Å². The van der Waals surface area contributed by atoms with E-state index in [1.54, 1.807) is 0 Å². The van der Waals surface area contributed by atoms with Gasteiger partial charge in [-0.25, -0.2) is 0 Å². The first-order valence-corrected chi connectivity index (χ1v) is 8.36. The average molecular weight is 289 g/mol. The Labute approximate surface area is 130 Å². The Morgan fingerprint density at radius 2 is 2.05 bits per heavy atom. The summed E-state index contributed by atoms with van der Waals surface area (Å²) in [5.74, 6) is 0. The highest BCUT2D eigenvalue weighted by Gasteiger charge is 2.30. The lowest BCUT2D eigenvalue weighted by Crippen LogP contribution is -2.55. The van der Waals surface area contributed by atoms with Gasteiger partial charge in [0.05, 0.1) is 0 Å². The highest BCUT2D eigenvalue weighted by molar-refractivity contribution is 5.27. The highest BCUT2D eigenvalue weighted by atomic mass is 15.3. The zero-order valence-electron chi connectivity index (χ0n) is 14.1. The van der Waals surface area contributed by atoms with Gasteiger partial charge in [-0.3, -0.25) is 4.90 Å². The molecule has 0 amide bonds. The van der Waals surface area contributed by atoms with Crippen molar-refractivity contribution in [3.8, 4) is 0 Å². The molecule has 1 fully saturated rings. The third kappa shape index (κ3) is 4.29. The summed E-state index contributed by atoms with van der Waals surface area (Å²) in [5.41, 5.74) is 2.87. The number of likely N-dealkylation sites (N-methyl/N-ethyl adjacent to an activating group) is 2. The molecule has 2 rings (SSSR count). The topological polar surface area (TPSA) is 18.5 Å². The van der Waals surface area contributed by atoms with Crippen LogP contribution in [-0.4, -0.2) is 56.1 Å². The molecular formula is C18H31N3. The van der Waals surface area contributed by atoms with Gasteiger partial charge in [0.2, 0.25) is 0 Å². The largest absolute Gasteiger partial charge is 0.309 e. The van der Waals surface area contributed by atoms with Gasteiger partial charge in [-0.1, -0.05) is 38.1 Å². The molecule has 21 heavy (non-hydrogen) atoms. The second kappa shape index (κ2) is 7.92. The quantitative estimate of drug-likeness (QED) is 0.868. The van der Waals surface area contributed by atoms with Gasteiger partial charge in [-0.05, 0) is 44.6 Å². The first-order valence-electron chi connectivity index (χ1n) is 8.36. The monoisotopic (exact) mass is 289 g/mol. The molecule has 2 atom stereocenters. The van der Waals surface area contributed by atoms with Crippen LogP contribution in [0.5, 0.6) is 0 Å². The normalized spacial score (nSPS) is 22.4. The van der Waals surface area contributed by atoms with Crippen molar-refractivity contribution in [1.82, 2.24) is 15.1 Å². The Balaban J connectivity index is 2.23. The van der Waals surface area contributed by atoms with Crippen molar-refractivity contribution in [1.29, 1.82) is 0 Å². The number of aryl methyl sites for hydroxylation is 1. The molecule has 1 aromatic rings. The van der Waals surface area contributed by atoms with Crippen molar-refractivity contribution in [2.75, 3.05) is 40.3 Å². The summed E-state index contributed by atoms with van der Waals surface area (Å²) in [4.78, 5) is 4.97. The minimum atomic E-state index is 0.421. The van der Waals surface area contributed by atoms with E-state index in [9.17, 15) is 0 Å². The van der Waals surface area contributed by atoms with Crippen LogP contribution in [0, 0.1) is 0 Å². The smallest absolute Gasteiger partial charge is 0.0490 e. The SMILES string of the molecule is CCCNC(c1cccc(CC)c1)C1CN(C)CCN1C. The standard InChI is InChI=1S/C18H31N3/c1-5-10-19-18(16-9-7-8-15(6-2)13-16)17-14-20(3)11-12-21(17)4/h7-9,13,17-19H,5-6,10-12,14H2,1-4H3. The minimum absolute atomic E-state index is 0.421. The Bertz CT molecular complexity index is 432. The molecule has 1 heterocycles. The molecule has 0 spiro atoms. The number of nitrogens with zero attached hydrogens (tertiary/aromatic N) is 2. The van der Waals surface area contributed by atoms with Crippen molar-refractivity contribution in [3.63, 3.8) is 0 Å². The van der Waals surface area contributed by atoms with Crippen LogP contribution in [0.15, 0.2) is 24.3 Å². The van der Waals surface area contributed by atoms with Crippen LogP contribution in [0.2, 0.25) is 0 Å². The van der Waals surface area contributed by atoms with E-state index in [4.69, 9.17) is 0 Å². The average Bonchev–Trinajstić information content (AvgIpc) is 2.51. The van der Waals surface area contributed by atoms with Gasteiger partial charge in [0.15, 0.2) is 0 Å². The summed E-state index contributed by atoms with van der Waals surface area (Å²) in [7, 11) is 4.50. The second-order valence-electron chi connectivity index (χ2n) is 6.34. The lowest BCUT2D eigenvalue weighted by atomic mass is 9.94. The summed E-state index contributed by atoms with van der Waals surface area (Å²) in [6, 6.07) is 10.1. The molecule has 2 unspecified atom stereocenters. The fraction of sp³-hybridized carbons (Fsp3) is 0.667. The summed E-state index contributed by atoms with van der Waals surface area (Å²) < 4.78 is 0. The molecule has 3 heteroatoms. The molecule has 1 saturated heterocycles. The van der Waals surface area contributed by atoms with Crippen LogP contribution in [0.4, 0.5) is 0 Å². The zero-order valence-corrected chi connectivity index (χ0v) is 14.1. The molecule has 1 aliphatic rings. The molecule has 0 radical (unpaired) electrons. The van der Waals surface area contributed by atoms with Gasteiger partial charge in [0.25, 0.3) is 0 Å². The number of benzene rings is 1. The molecule has 1 aromatic carbocycles. The third-order valence-electron chi connectivity index (χ3n) is 4.62. The summed E-state index contributed by atoms with van der Waals surface area (Å²) in [5, 5.41) is 3.79. The van der Waals surface area contributed by atoms with Gasteiger partial charge in [0, 0.05) is 31.7 Å². The number of rotatable bonds is 6. The van der Waals surface area contributed by atoms with Gasteiger partial charge >= 0.3 is 0 Å². The molecule has 0 aliphatic carbocycles. The van der Waals surface area contributed by atoms with Gasteiger partial charge in [0.1, 0.15) is 0 Å². The van der Waals surface area contributed by atoms with Crippen molar-refractivity contribution < 1.29 is 0 Å². The Morgan fingerprint density at radius 3 is 2.76 bits per heavy atom. The maximum absolute atomic E-state index is 3.79. The van der Waals surface area contributed by atoms with E-state index in [2.05, 4.69) is 67.3 Å². The van der Waals surface area contributed by atoms with E-state index in [1.165, 1.54) is 24.1 Å². The van der Waals surface area contributed by atoms with Crippen LogP contribution >= 0.6 is 0 Å². The first kappa shape index (κ1) is 16.5. The highest BCUT2D eigenvalue weighted by Crippen LogP contribution is 2.24. The van der Waals surface area contributed by atoms with E-state index in [-0.39, 0.29) is 0 Å². The minimum Gasteiger partial charge on any atom is -0.309 e. The van der Waals surface area contributed by atoms with E-state index in [0.717, 1.165) is 26.1 Å². The molecule has 1 aliphatic heterocycles. The second-order valence-corrected chi connectivity index (χ2v) is 6.34. The Hall–Kier alpha value is -0.900. The van der Waals surface area contributed by atoms with Crippen LogP contribution < -0.4 is 5.32 Å². The molecule has 3 nitrogen and oxygen atoms in total. The van der Waals surface area contributed by atoms with Crippen molar-refractivity contribution >= 4 is 0 Å². The summed E-state index contributed by atoms with van der Waals surface area (Å²) in [6.07, 6.45) is 2.28. The van der Waals surface area contributed by atoms with Gasteiger partial charge < -0.3 is 10.2 Å². The zero-order chi connectivity index (χ0) is 15.2. The molecular weight excluding hydrogens is 258 g/mol. The van der Waals surface area contributed by atoms with E-state index in [1.807, 2.05) is 0 Å². The summed E-state index contributed by atoms with van der Waals surface area (Å²) >= 11 is 0. The first-order chi connectivity index (χ1) is 10.2. The van der Waals surface area contributed by atoms with Crippen molar-refractivity contribution in [2.24, 2.45) is 0 Å². The molecule has 118 valence electrons. The number of hydrogen-bond donors (Lipinski definition) is 1. The molecule has 1 N–H and O–H groups in total. The molecule has 0 bridgehead atoms. The molecule has 0 aromatic heterocycles. The van der Waals surface area contributed by atoms with Crippen LogP contribution in [-0.2, 0) is 6.42 Å². The van der Waals surface area contributed by atoms with Gasteiger partial charge in [-0.2, -0.15) is 0 Å². The van der Waals surface area contributed by atoms with Crippen molar-refractivity contribution in [2.45, 2.75) is 38.8 Å². The number of nitrogens with one attached hydrogen (secondary N) is 1. The fourth-order valence-electron chi connectivity index (χ4n) is 3.19.